The van der Waals surface area contributed by atoms with Crippen LogP contribution in [0.3, 0.4) is 0 Å². The van der Waals surface area contributed by atoms with Crippen LogP contribution in [0.15, 0.2) is 11.6 Å². The Hall–Kier alpha value is -0.260. The first-order chi connectivity index (χ1) is 6.82. The Morgan fingerprint density at radius 2 is 2.36 bits per heavy atom. The van der Waals surface area contributed by atoms with Gasteiger partial charge < -0.3 is 0 Å². The molecular formula is C14H22. The van der Waals surface area contributed by atoms with Gasteiger partial charge in [0.15, 0.2) is 0 Å². The van der Waals surface area contributed by atoms with Crippen molar-refractivity contribution >= 4 is 0 Å². The van der Waals surface area contributed by atoms with E-state index >= 15 is 0 Å². The molecule has 4 unspecified atom stereocenters. The number of rotatable bonds is 5. The van der Waals surface area contributed by atoms with E-state index in [2.05, 4.69) is 19.9 Å². The van der Waals surface area contributed by atoms with Crippen molar-refractivity contribution in [3.63, 3.8) is 0 Å². The molecule has 0 aromatic carbocycles. The molecule has 3 aliphatic carbocycles. The van der Waals surface area contributed by atoms with Gasteiger partial charge in [0.2, 0.25) is 0 Å². The molecule has 2 saturated carbocycles. The summed E-state index contributed by atoms with van der Waals surface area (Å²) in [7, 11) is 0. The summed E-state index contributed by atoms with van der Waals surface area (Å²) in [5.74, 6) is 3.27. The number of hydrogen-bond acceptors (Lipinski definition) is 0. The van der Waals surface area contributed by atoms with Crippen molar-refractivity contribution in [1.29, 1.82) is 0 Å². The lowest BCUT2D eigenvalue weighted by Gasteiger charge is -2.13. The van der Waals surface area contributed by atoms with Crippen molar-refractivity contribution in [3.8, 4) is 0 Å². The van der Waals surface area contributed by atoms with Crippen LogP contribution in [-0.4, -0.2) is 0 Å². The molecule has 2 fully saturated rings. The topological polar surface area (TPSA) is 0 Å². The van der Waals surface area contributed by atoms with Gasteiger partial charge in [-0.25, -0.2) is 0 Å². The molecule has 0 heteroatoms. The van der Waals surface area contributed by atoms with Gasteiger partial charge in [-0.3, -0.25) is 0 Å². The maximum absolute atomic E-state index is 2.53. The summed E-state index contributed by atoms with van der Waals surface area (Å²) in [6, 6.07) is 0. The first kappa shape index (κ1) is 9.00. The van der Waals surface area contributed by atoms with Crippen molar-refractivity contribution in [3.05, 3.63) is 11.6 Å². The normalized spacial score (nSPS) is 44.0. The Kier molecular flexibility index (Phi) is 1.84. The van der Waals surface area contributed by atoms with Gasteiger partial charge in [0.1, 0.15) is 0 Å². The van der Waals surface area contributed by atoms with Gasteiger partial charge in [-0.05, 0) is 37.0 Å². The van der Waals surface area contributed by atoms with Crippen LogP contribution in [0.25, 0.3) is 0 Å². The molecule has 0 N–H and O–H groups in total. The van der Waals surface area contributed by atoms with E-state index in [0.717, 1.165) is 23.2 Å². The lowest BCUT2D eigenvalue weighted by Crippen LogP contribution is -2.01. The second-order valence-electron chi connectivity index (χ2n) is 5.69. The Labute approximate surface area is 87.8 Å². The molecule has 0 saturated heterocycles. The van der Waals surface area contributed by atoms with Crippen LogP contribution in [-0.2, 0) is 0 Å². The summed E-state index contributed by atoms with van der Waals surface area (Å²) < 4.78 is 0. The SMILES string of the molecule is CCCC(CC)CC1C2CC=C3CC321. The fraction of sp³-hybridized carbons (Fsp3) is 0.857. The van der Waals surface area contributed by atoms with E-state index in [0.29, 0.717) is 0 Å². The van der Waals surface area contributed by atoms with Gasteiger partial charge >= 0.3 is 0 Å². The Morgan fingerprint density at radius 1 is 1.50 bits per heavy atom. The first-order valence-electron chi connectivity index (χ1n) is 6.52. The molecule has 3 aliphatic rings. The maximum atomic E-state index is 2.53. The Morgan fingerprint density at radius 3 is 2.86 bits per heavy atom. The molecule has 4 atom stereocenters. The van der Waals surface area contributed by atoms with E-state index in [1.807, 2.05) is 5.57 Å². The molecule has 0 heterocycles. The van der Waals surface area contributed by atoms with Gasteiger partial charge in [0.25, 0.3) is 0 Å². The van der Waals surface area contributed by atoms with E-state index in [4.69, 9.17) is 0 Å². The quantitative estimate of drug-likeness (QED) is 0.571. The molecule has 78 valence electrons. The lowest BCUT2D eigenvalue weighted by atomic mass is 9.92. The maximum Gasteiger partial charge on any atom is 0.00151 e. The summed E-state index contributed by atoms with van der Waals surface area (Å²) >= 11 is 0. The molecule has 3 rings (SSSR count). The lowest BCUT2D eigenvalue weighted by molar-refractivity contribution is 0.390. The van der Waals surface area contributed by atoms with Crippen molar-refractivity contribution in [2.75, 3.05) is 0 Å². The van der Waals surface area contributed by atoms with E-state index in [1.54, 1.807) is 6.42 Å². The second-order valence-corrected chi connectivity index (χ2v) is 5.69. The minimum atomic E-state index is 0.834. The minimum absolute atomic E-state index is 0.834. The van der Waals surface area contributed by atoms with E-state index in [9.17, 15) is 0 Å². The third-order valence-corrected chi connectivity index (χ3v) is 5.14. The van der Waals surface area contributed by atoms with Gasteiger partial charge in [0, 0.05) is 5.41 Å². The highest BCUT2D eigenvalue weighted by Gasteiger charge is 2.76. The number of allylic oxidation sites excluding steroid dienone is 2. The van der Waals surface area contributed by atoms with E-state index in [-0.39, 0.29) is 0 Å². The predicted molar refractivity (Wildman–Crippen MR) is 60.0 cm³/mol. The van der Waals surface area contributed by atoms with Crippen LogP contribution in [0.2, 0.25) is 0 Å². The largest absolute Gasteiger partial charge is 0.0844 e. The fourth-order valence-electron chi connectivity index (χ4n) is 4.15. The predicted octanol–water partition coefficient (Wildman–Crippen LogP) is 4.17. The first-order valence-corrected chi connectivity index (χ1v) is 6.52. The van der Waals surface area contributed by atoms with Crippen LogP contribution >= 0.6 is 0 Å². The van der Waals surface area contributed by atoms with Crippen LogP contribution in [0.5, 0.6) is 0 Å². The second kappa shape index (κ2) is 2.87. The summed E-state index contributed by atoms with van der Waals surface area (Å²) in [6.45, 7) is 4.71. The molecule has 0 radical (unpaired) electrons. The van der Waals surface area contributed by atoms with Crippen LogP contribution in [0.1, 0.15) is 52.4 Å². The van der Waals surface area contributed by atoms with Gasteiger partial charge in [-0.2, -0.15) is 0 Å². The summed E-state index contributed by atoms with van der Waals surface area (Å²) in [6.07, 6.45) is 11.3. The molecule has 0 bridgehead atoms. The smallest absolute Gasteiger partial charge is 0.00151 e. The summed E-state index contributed by atoms with van der Waals surface area (Å²) in [5.41, 5.74) is 2.68. The highest BCUT2D eigenvalue weighted by atomic mass is 14.8. The highest BCUT2D eigenvalue weighted by Crippen LogP contribution is 2.84. The van der Waals surface area contributed by atoms with Crippen LogP contribution in [0.4, 0.5) is 0 Å². The van der Waals surface area contributed by atoms with Crippen LogP contribution in [0, 0.1) is 23.2 Å². The van der Waals surface area contributed by atoms with Crippen molar-refractivity contribution < 1.29 is 0 Å². The number of hydrogen-bond donors (Lipinski definition) is 0. The van der Waals surface area contributed by atoms with Gasteiger partial charge in [-0.1, -0.05) is 44.8 Å². The summed E-state index contributed by atoms with van der Waals surface area (Å²) in [4.78, 5) is 0. The van der Waals surface area contributed by atoms with Crippen molar-refractivity contribution in [2.45, 2.75) is 52.4 Å². The van der Waals surface area contributed by atoms with Crippen LogP contribution < -0.4 is 0 Å². The third-order valence-electron chi connectivity index (χ3n) is 5.14. The molecular weight excluding hydrogens is 168 g/mol. The zero-order valence-electron chi connectivity index (χ0n) is 9.55. The zero-order chi connectivity index (χ0) is 9.76. The third kappa shape index (κ3) is 1.00. The standard InChI is InChI=1S/C14H22/c1-3-5-10(4-2)8-13-12-7-6-11-9-14(11,12)13/h6,10,12-13H,3-5,7-9H2,1-2H3. The monoisotopic (exact) mass is 190 g/mol. The minimum Gasteiger partial charge on any atom is -0.0844 e. The molecule has 14 heavy (non-hydrogen) atoms. The molecule has 0 nitrogen and oxygen atoms in total. The van der Waals surface area contributed by atoms with Crippen molar-refractivity contribution in [1.82, 2.24) is 0 Å². The zero-order valence-corrected chi connectivity index (χ0v) is 9.55. The molecule has 0 aliphatic heterocycles. The molecule has 0 amide bonds. The Balaban J connectivity index is 1.57. The van der Waals surface area contributed by atoms with Crippen molar-refractivity contribution in [2.24, 2.45) is 23.2 Å². The summed E-state index contributed by atoms with van der Waals surface area (Å²) in [5, 5.41) is 0. The average molecular weight is 190 g/mol. The van der Waals surface area contributed by atoms with E-state index < -0.39 is 0 Å². The van der Waals surface area contributed by atoms with Gasteiger partial charge in [-0.15, -0.1) is 0 Å². The van der Waals surface area contributed by atoms with E-state index in [1.165, 1.54) is 32.1 Å². The van der Waals surface area contributed by atoms with Gasteiger partial charge in [0.05, 0.1) is 0 Å². The Bertz CT molecular complexity index is 276. The average Bonchev–Trinajstić information content (AvgIpc) is 3.03. The highest BCUT2D eigenvalue weighted by molar-refractivity contribution is 5.49. The fourth-order valence-corrected chi connectivity index (χ4v) is 4.15. The molecule has 1 spiro atoms. The molecule has 0 aromatic rings. The molecule has 0 aromatic heterocycles.